The van der Waals surface area contributed by atoms with Gasteiger partial charge >= 0.3 is 0 Å². The number of hydrogen-bond donors (Lipinski definition) is 1. The lowest BCUT2D eigenvalue weighted by Gasteiger charge is -2.12. The highest BCUT2D eigenvalue weighted by molar-refractivity contribution is 7.80. The second-order valence-electron chi connectivity index (χ2n) is 3.87. The summed E-state index contributed by atoms with van der Waals surface area (Å²) in [4.78, 5) is 0.885. The van der Waals surface area contributed by atoms with Crippen LogP contribution in [0.2, 0.25) is 0 Å². The number of ether oxygens (including phenoxy) is 2. The van der Waals surface area contributed by atoms with Crippen molar-refractivity contribution in [3.63, 3.8) is 0 Å². The predicted octanol–water partition coefficient (Wildman–Crippen LogP) is 3.41. The highest BCUT2D eigenvalue weighted by Gasteiger charge is 2.04. The molecular weight excluding hydrogens is 208 g/mol. The first-order chi connectivity index (χ1) is 7.13. The van der Waals surface area contributed by atoms with Crippen LogP contribution in [0.4, 0.5) is 0 Å². The molecule has 0 N–H and O–H groups in total. The maximum absolute atomic E-state index is 5.65. The summed E-state index contributed by atoms with van der Waals surface area (Å²) in [5.74, 6) is 2.18. The Morgan fingerprint density at radius 1 is 1.27 bits per heavy atom. The fourth-order valence-corrected chi connectivity index (χ4v) is 1.37. The van der Waals surface area contributed by atoms with Gasteiger partial charge in [-0.3, -0.25) is 0 Å². The minimum atomic E-state index is 0.648. The Balaban J connectivity index is 2.62. The standard InChI is InChI=1S/C12H18O2S/c1-9(2)6-7-14-12-8-10(15)4-5-11(12)13-3/h4-5,8-9,15H,6-7H2,1-3H3. The molecule has 3 heteroatoms. The van der Waals surface area contributed by atoms with Crippen LogP contribution in [-0.2, 0) is 0 Å². The molecular formula is C12H18O2S. The zero-order valence-corrected chi connectivity index (χ0v) is 10.4. The summed E-state index contributed by atoms with van der Waals surface area (Å²) in [6, 6.07) is 5.63. The molecule has 0 fully saturated rings. The fourth-order valence-electron chi connectivity index (χ4n) is 1.18. The monoisotopic (exact) mass is 226 g/mol. The lowest BCUT2D eigenvalue weighted by molar-refractivity contribution is 0.272. The van der Waals surface area contributed by atoms with Gasteiger partial charge in [0.1, 0.15) is 0 Å². The third kappa shape index (κ3) is 4.04. The van der Waals surface area contributed by atoms with Crippen molar-refractivity contribution in [1.82, 2.24) is 0 Å². The molecule has 0 aliphatic carbocycles. The molecule has 84 valence electrons. The van der Waals surface area contributed by atoms with Crippen LogP contribution in [0.3, 0.4) is 0 Å². The van der Waals surface area contributed by atoms with Crippen LogP contribution >= 0.6 is 12.6 Å². The Morgan fingerprint density at radius 2 is 2.00 bits per heavy atom. The Morgan fingerprint density at radius 3 is 2.60 bits per heavy atom. The molecule has 1 aromatic rings. The maximum Gasteiger partial charge on any atom is 0.162 e. The van der Waals surface area contributed by atoms with E-state index in [0.29, 0.717) is 12.5 Å². The molecule has 2 nitrogen and oxygen atoms in total. The van der Waals surface area contributed by atoms with Crippen LogP contribution in [0, 0.1) is 5.92 Å². The molecule has 1 aromatic carbocycles. The maximum atomic E-state index is 5.65. The molecule has 0 unspecified atom stereocenters. The van der Waals surface area contributed by atoms with E-state index in [2.05, 4.69) is 26.5 Å². The van der Waals surface area contributed by atoms with Gasteiger partial charge < -0.3 is 9.47 Å². The summed E-state index contributed by atoms with van der Waals surface area (Å²) in [6.45, 7) is 5.07. The minimum absolute atomic E-state index is 0.648. The minimum Gasteiger partial charge on any atom is -0.493 e. The van der Waals surface area contributed by atoms with Gasteiger partial charge in [-0.25, -0.2) is 0 Å². The average Bonchev–Trinajstić information content (AvgIpc) is 2.17. The van der Waals surface area contributed by atoms with E-state index in [1.807, 2.05) is 18.2 Å². The molecule has 0 radical (unpaired) electrons. The first kappa shape index (κ1) is 12.2. The summed E-state index contributed by atoms with van der Waals surface area (Å²) in [7, 11) is 1.64. The highest BCUT2D eigenvalue weighted by atomic mass is 32.1. The van der Waals surface area contributed by atoms with Crippen molar-refractivity contribution in [3.05, 3.63) is 18.2 Å². The number of hydrogen-bond acceptors (Lipinski definition) is 3. The molecule has 0 bridgehead atoms. The van der Waals surface area contributed by atoms with Crippen molar-refractivity contribution in [1.29, 1.82) is 0 Å². The fraction of sp³-hybridized carbons (Fsp3) is 0.500. The lowest BCUT2D eigenvalue weighted by Crippen LogP contribution is -2.02. The van der Waals surface area contributed by atoms with E-state index in [1.54, 1.807) is 7.11 Å². The molecule has 0 saturated carbocycles. The largest absolute Gasteiger partial charge is 0.493 e. The number of benzene rings is 1. The predicted molar refractivity (Wildman–Crippen MR) is 65.2 cm³/mol. The van der Waals surface area contributed by atoms with Gasteiger partial charge in [-0.15, -0.1) is 12.6 Å². The summed E-state index contributed by atoms with van der Waals surface area (Å²) < 4.78 is 10.8. The molecule has 1 rings (SSSR count). The normalized spacial score (nSPS) is 10.5. The van der Waals surface area contributed by atoms with Crippen LogP contribution < -0.4 is 9.47 Å². The summed E-state index contributed by atoms with van der Waals surface area (Å²) in [6.07, 6.45) is 1.04. The van der Waals surface area contributed by atoms with E-state index in [4.69, 9.17) is 9.47 Å². The van der Waals surface area contributed by atoms with Crippen molar-refractivity contribution in [2.45, 2.75) is 25.2 Å². The third-order valence-corrected chi connectivity index (χ3v) is 2.38. The second kappa shape index (κ2) is 5.91. The van der Waals surface area contributed by atoms with Crippen molar-refractivity contribution in [2.75, 3.05) is 13.7 Å². The van der Waals surface area contributed by atoms with Gasteiger partial charge in [0.15, 0.2) is 11.5 Å². The van der Waals surface area contributed by atoms with Gasteiger partial charge in [0.2, 0.25) is 0 Å². The molecule has 0 aliphatic heterocycles. The number of thiol groups is 1. The Bertz CT molecular complexity index is 310. The van der Waals surface area contributed by atoms with Gasteiger partial charge in [-0.2, -0.15) is 0 Å². The lowest BCUT2D eigenvalue weighted by atomic mass is 10.1. The van der Waals surface area contributed by atoms with Crippen LogP contribution in [0.25, 0.3) is 0 Å². The van der Waals surface area contributed by atoms with E-state index in [0.717, 1.165) is 22.8 Å². The molecule has 0 aliphatic rings. The second-order valence-corrected chi connectivity index (χ2v) is 4.38. The van der Waals surface area contributed by atoms with Gasteiger partial charge in [-0.1, -0.05) is 13.8 Å². The van der Waals surface area contributed by atoms with E-state index < -0.39 is 0 Å². The third-order valence-electron chi connectivity index (χ3n) is 2.10. The molecule has 0 aromatic heterocycles. The van der Waals surface area contributed by atoms with E-state index in [1.165, 1.54) is 0 Å². The van der Waals surface area contributed by atoms with Gasteiger partial charge in [0, 0.05) is 4.90 Å². The van der Waals surface area contributed by atoms with Gasteiger partial charge in [0.05, 0.1) is 13.7 Å². The molecule has 15 heavy (non-hydrogen) atoms. The van der Waals surface area contributed by atoms with Crippen LogP contribution in [0.15, 0.2) is 23.1 Å². The van der Waals surface area contributed by atoms with Crippen LogP contribution in [-0.4, -0.2) is 13.7 Å². The number of methoxy groups -OCH3 is 1. The summed E-state index contributed by atoms with van der Waals surface area (Å²) in [5, 5.41) is 0. The Hall–Kier alpha value is -0.830. The van der Waals surface area contributed by atoms with Crippen molar-refractivity contribution < 1.29 is 9.47 Å². The van der Waals surface area contributed by atoms with Gasteiger partial charge in [0.25, 0.3) is 0 Å². The average molecular weight is 226 g/mol. The topological polar surface area (TPSA) is 18.5 Å². The van der Waals surface area contributed by atoms with E-state index in [-0.39, 0.29) is 0 Å². The summed E-state index contributed by atoms with van der Waals surface area (Å²) >= 11 is 4.27. The molecule has 0 atom stereocenters. The van der Waals surface area contributed by atoms with E-state index >= 15 is 0 Å². The Labute approximate surface area is 97.0 Å². The first-order valence-corrected chi connectivity index (χ1v) is 5.58. The summed E-state index contributed by atoms with van der Waals surface area (Å²) in [5.41, 5.74) is 0. The van der Waals surface area contributed by atoms with Crippen molar-refractivity contribution >= 4 is 12.6 Å². The Kier molecular flexibility index (Phi) is 4.82. The first-order valence-electron chi connectivity index (χ1n) is 5.13. The van der Waals surface area contributed by atoms with Crippen molar-refractivity contribution in [3.8, 4) is 11.5 Å². The number of rotatable bonds is 5. The van der Waals surface area contributed by atoms with Gasteiger partial charge in [-0.05, 0) is 30.5 Å². The molecule has 0 amide bonds. The van der Waals surface area contributed by atoms with Crippen LogP contribution in [0.5, 0.6) is 11.5 Å². The quantitative estimate of drug-likeness (QED) is 0.776. The molecule has 0 spiro atoms. The zero-order valence-electron chi connectivity index (χ0n) is 9.49. The zero-order chi connectivity index (χ0) is 11.3. The highest BCUT2D eigenvalue weighted by Crippen LogP contribution is 2.29. The van der Waals surface area contributed by atoms with E-state index in [9.17, 15) is 0 Å². The SMILES string of the molecule is COc1ccc(S)cc1OCCC(C)C. The van der Waals surface area contributed by atoms with Crippen molar-refractivity contribution in [2.24, 2.45) is 5.92 Å². The van der Waals surface area contributed by atoms with Crippen LogP contribution in [0.1, 0.15) is 20.3 Å². The molecule has 0 heterocycles. The molecule has 0 saturated heterocycles. The smallest absolute Gasteiger partial charge is 0.162 e.